The first-order valence-corrected chi connectivity index (χ1v) is 3.14. The summed E-state index contributed by atoms with van der Waals surface area (Å²) in [5, 5.41) is 20.5. The van der Waals surface area contributed by atoms with Gasteiger partial charge in [0.15, 0.2) is 0 Å². The molecule has 1 aromatic carbocycles. The van der Waals surface area contributed by atoms with Gasteiger partial charge in [-0.25, -0.2) is 0 Å². The quantitative estimate of drug-likeness (QED) is 0.553. The van der Waals surface area contributed by atoms with Gasteiger partial charge in [-0.1, -0.05) is 18.2 Å². The van der Waals surface area contributed by atoms with E-state index in [-0.39, 0.29) is 32.8 Å². The van der Waals surface area contributed by atoms with Gasteiger partial charge < -0.3 is 19.8 Å². The van der Waals surface area contributed by atoms with Crippen LogP contribution in [0.2, 0.25) is 0 Å². The summed E-state index contributed by atoms with van der Waals surface area (Å²) >= 11 is 0. The van der Waals surface area contributed by atoms with Gasteiger partial charge in [-0.2, -0.15) is 0 Å². The van der Waals surface area contributed by atoms with Crippen LogP contribution in [0.3, 0.4) is 0 Å². The average molecular weight is 212 g/mol. The minimum Gasteiger partial charge on any atom is -0.545 e. The summed E-state index contributed by atoms with van der Waals surface area (Å²) in [5.41, 5.74) is -0.339. The minimum absolute atomic E-state index is 0. The monoisotopic (exact) mass is 212 g/mol. The molecule has 0 spiro atoms. The third-order valence-electron chi connectivity index (χ3n) is 1.33. The minimum atomic E-state index is -1.40. The van der Waals surface area contributed by atoms with Crippen molar-refractivity contribution in [1.82, 2.24) is 0 Å². The zero-order chi connectivity index (χ0) is 9.14. The Bertz CT molecular complexity index is 305. The Morgan fingerprint density at radius 2 is 1.38 bits per heavy atom. The second-order valence-corrected chi connectivity index (χ2v) is 2.16. The van der Waals surface area contributed by atoms with Crippen LogP contribution in [0.4, 0.5) is 0 Å². The summed E-state index contributed by atoms with van der Waals surface area (Å²) in [6, 6.07) is 4.81. The molecule has 5 heteroatoms. The molecule has 4 nitrogen and oxygen atoms in total. The Balaban J connectivity index is 0.00000144. The van der Waals surface area contributed by atoms with E-state index in [1.165, 1.54) is 18.2 Å². The molecule has 0 N–H and O–H groups in total. The molecule has 0 amide bonds. The maximum atomic E-state index is 10.3. The standard InChI is InChI=1S/C8H6O4.Ti/c9-7(10)5-2-1-3-6(4-5)8(11)12;/h1-4H,(H,9,10)(H,11,12);/q;+2/p-2. The Morgan fingerprint density at radius 1 is 1.00 bits per heavy atom. The van der Waals surface area contributed by atoms with Crippen LogP contribution >= 0.6 is 0 Å². The van der Waals surface area contributed by atoms with Crippen molar-refractivity contribution in [3.8, 4) is 0 Å². The van der Waals surface area contributed by atoms with E-state index in [2.05, 4.69) is 0 Å². The normalized spacial score (nSPS) is 8.62. The number of carbonyl (C=O) groups excluding carboxylic acids is 2. The zero-order valence-electron chi connectivity index (χ0n) is 6.44. The summed E-state index contributed by atoms with van der Waals surface area (Å²) in [6.45, 7) is 0. The van der Waals surface area contributed by atoms with Gasteiger partial charge in [0, 0.05) is 0 Å². The van der Waals surface area contributed by atoms with Crippen LogP contribution in [0.25, 0.3) is 0 Å². The van der Waals surface area contributed by atoms with Crippen molar-refractivity contribution in [2.45, 2.75) is 0 Å². The van der Waals surface area contributed by atoms with Gasteiger partial charge in [0.2, 0.25) is 0 Å². The molecule has 0 saturated carbocycles. The van der Waals surface area contributed by atoms with Gasteiger partial charge in [0.25, 0.3) is 0 Å². The van der Waals surface area contributed by atoms with E-state index >= 15 is 0 Å². The number of benzene rings is 1. The molecule has 0 saturated heterocycles. The van der Waals surface area contributed by atoms with Gasteiger partial charge in [0.05, 0.1) is 11.9 Å². The molecule has 0 aromatic heterocycles. The van der Waals surface area contributed by atoms with Gasteiger partial charge in [-0.3, -0.25) is 0 Å². The molecule has 64 valence electrons. The molecule has 0 bridgehead atoms. The van der Waals surface area contributed by atoms with Crippen LogP contribution in [0.1, 0.15) is 20.7 Å². The van der Waals surface area contributed by atoms with Gasteiger partial charge in [-0.15, -0.1) is 0 Å². The topological polar surface area (TPSA) is 80.3 Å². The first-order chi connectivity index (χ1) is 5.61. The molecular weight excluding hydrogens is 208 g/mol. The molecular formula is C8H4O4Ti. The van der Waals surface area contributed by atoms with Crippen molar-refractivity contribution < 1.29 is 41.5 Å². The number of hydrogen-bond acceptors (Lipinski definition) is 4. The van der Waals surface area contributed by atoms with E-state index in [1.807, 2.05) is 0 Å². The molecule has 0 aliphatic rings. The Hall–Kier alpha value is -1.13. The number of rotatable bonds is 2. The predicted octanol–water partition coefficient (Wildman–Crippen LogP) is -1.59. The van der Waals surface area contributed by atoms with Crippen LogP contribution in [-0.2, 0) is 21.7 Å². The SMILES string of the molecule is O=C([O-])c1cccc(C(=O)[O-])c1.[Ti+2]. The zero-order valence-corrected chi connectivity index (χ0v) is 8.00. The molecule has 0 unspecified atom stereocenters. The fourth-order valence-electron chi connectivity index (χ4n) is 0.773. The van der Waals surface area contributed by atoms with Crippen LogP contribution in [0.15, 0.2) is 24.3 Å². The third-order valence-corrected chi connectivity index (χ3v) is 1.33. The average Bonchev–Trinajstić information content (AvgIpc) is 2.04. The number of carboxylic acids is 2. The van der Waals surface area contributed by atoms with Crippen LogP contribution in [0.5, 0.6) is 0 Å². The van der Waals surface area contributed by atoms with E-state index in [0.717, 1.165) is 6.07 Å². The van der Waals surface area contributed by atoms with E-state index in [9.17, 15) is 19.8 Å². The van der Waals surface area contributed by atoms with Crippen molar-refractivity contribution >= 4 is 11.9 Å². The van der Waals surface area contributed by atoms with Crippen molar-refractivity contribution in [2.75, 3.05) is 0 Å². The summed E-state index contributed by atoms with van der Waals surface area (Å²) in [4.78, 5) is 20.5. The fourth-order valence-corrected chi connectivity index (χ4v) is 0.773. The predicted molar refractivity (Wildman–Crippen MR) is 35.1 cm³/mol. The molecule has 0 fully saturated rings. The molecule has 0 aliphatic carbocycles. The fraction of sp³-hybridized carbons (Fsp3) is 0. The second-order valence-electron chi connectivity index (χ2n) is 2.16. The molecule has 0 heterocycles. The molecule has 0 radical (unpaired) electrons. The third kappa shape index (κ3) is 3.01. The molecule has 1 aromatic rings. The van der Waals surface area contributed by atoms with Gasteiger partial charge in [0.1, 0.15) is 0 Å². The van der Waals surface area contributed by atoms with Crippen molar-refractivity contribution in [3.63, 3.8) is 0 Å². The van der Waals surface area contributed by atoms with E-state index in [4.69, 9.17) is 0 Å². The number of aromatic carboxylic acids is 2. The van der Waals surface area contributed by atoms with Gasteiger partial charge in [-0.05, 0) is 17.2 Å². The van der Waals surface area contributed by atoms with Crippen LogP contribution in [-0.4, -0.2) is 11.9 Å². The Labute approximate surface area is 89.1 Å². The number of carbonyl (C=O) groups is 2. The van der Waals surface area contributed by atoms with E-state index in [0.29, 0.717) is 0 Å². The first kappa shape index (κ1) is 11.9. The first-order valence-electron chi connectivity index (χ1n) is 3.14. The molecule has 1 rings (SSSR count). The van der Waals surface area contributed by atoms with E-state index in [1.54, 1.807) is 0 Å². The summed E-state index contributed by atoms with van der Waals surface area (Å²) in [5.74, 6) is -2.81. The number of carboxylic acid groups (broad SMARTS) is 2. The Morgan fingerprint density at radius 3 is 1.69 bits per heavy atom. The smallest absolute Gasteiger partial charge is 0.545 e. The van der Waals surface area contributed by atoms with E-state index < -0.39 is 11.9 Å². The summed E-state index contributed by atoms with van der Waals surface area (Å²) < 4.78 is 0. The second kappa shape index (κ2) is 4.79. The Kier molecular flexibility index (Phi) is 4.38. The van der Waals surface area contributed by atoms with Gasteiger partial charge >= 0.3 is 21.7 Å². The largest absolute Gasteiger partial charge is 2.00 e. The van der Waals surface area contributed by atoms with Crippen LogP contribution in [0, 0.1) is 0 Å². The van der Waals surface area contributed by atoms with Crippen molar-refractivity contribution in [3.05, 3.63) is 35.4 Å². The van der Waals surface area contributed by atoms with Crippen molar-refractivity contribution in [1.29, 1.82) is 0 Å². The maximum absolute atomic E-state index is 10.3. The number of hydrogen-bond donors (Lipinski definition) is 0. The summed E-state index contributed by atoms with van der Waals surface area (Å²) in [6.07, 6.45) is 0. The van der Waals surface area contributed by atoms with Crippen molar-refractivity contribution in [2.24, 2.45) is 0 Å². The molecule has 13 heavy (non-hydrogen) atoms. The molecule has 0 atom stereocenters. The van der Waals surface area contributed by atoms with Crippen LogP contribution < -0.4 is 10.2 Å². The summed E-state index contributed by atoms with van der Waals surface area (Å²) in [7, 11) is 0. The maximum Gasteiger partial charge on any atom is 2.00 e. The molecule has 0 aliphatic heterocycles.